The van der Waals surface area contributed by atoms with E-state index in [0.717, 1.165) is 38.8 Å². The van der Waals surface area contributed by atoms with Gasteiger partial charge in [-0.25, -0.2) is 0 Å². The predicted octanol–water partition coefficient (Wildman–Crippen LogP) is 1.02. The van der Waals surface area contributed by atoms with Crippen LogP contribution in [0.15, 0.2) is 0 Å². The summed E-state index contributed by atoms with van der Waals surface area (Å²) >= 11 is 0. The third-order valence-corrected chi connectivity index (χ3v) is 3.46. The van der Waals surface area contributed by atoms with Crippen LogP contribution in [-0.4, -0.2) is 35.1 Å². The molecule has 2 fully saturated rings. The van der Waals surface area contributed by atoms with Crippen molar-refractivity contribution in [3.05, 3.63) is 0 Å². The SMILES string of the molecule is CC(O)C1CCN(C(=O)C2CC2)CC1. The van der Waals surface area contributed by atoms with Gasteiger partial charge in [0.2, 0.25) is 5.91 Å². The third-order valence-electron chi connectivity index (χ3n) is 3.46. The fourth-order valence-corrected chi connectivity index (χ4v) is 2.19. The van der Waals surface area contributed by atoms with E-state index in [-0.39, 0.29) is 6.10 Å². The molecule has 0 radical (unpaired) electrons. The van der Waals surface area contributed by atoms with Gasteiger partial charge in [-0.05, 0) is 38.5 Å². The highest BCUT2D eigenvalue weighted by Gasteiger charge is 2.35. The van der Waals surface area contributed by atoms with Crippen molar-refractivity contribution in [3.63, 3.8) is 0 Å². The van der Waals surface area contributed by atoms with Crippen LogP contribution >= 0.6 is 0 Å². The molecule has 80 valence electrons. The lowest BCUT2D eigenvalue weighted by atomic mass is 9.92. The number of rotatable bonds is 2. The molecule has 1 saturated heterocycles. The molecule has 0 aromatic heterocycles. The van der Waals surface area contributed by atoms with Crippen molar-refractivity contribution in [2.75, 3.05) is 13.1 Å². The fraction of sp³-hybridized carbons (Fsp3) is 0.909. The Morgan fingerprint density at radius 3 is 2.29 bits per heavy atom. The molecule has 1 heterocycles. The Bertz CT molecular complexity index is 215. The van der Waals surface area contributed by atoms with Gasteiger partial charge in [-0.3, -0.25) is 4.79 Å². The molecule has 1 atom stereocenters. The van der Waals surface area contributed by atoms with E-state index < -0.39 is 0 Å². The molecule has 2 aliphatic rings. The molecule has 1 saturated carbocycles. The lowest BCUT2D eigenvalue weighted by molar-refractivity contribution is -0.134. The monoisotopic (exact) mass is 197 g/mol. The highest BCUT2D eigenvalue weighted by atomic mass is 16.3. The number of aliphatic hydroxyl groups excluding tert-OH is 1. The van der Waals surface area contributed by atoms with Crippen LogP contribution in [0.1, 0.15) is 32.6 Å². The standard InChI is InChI=1S/C11H19NO2/c1-8(13)9-4-6-12(7-5-9)11(14)10-2-3-10/h8-10,13H,2-7H2,1H3. The summed E-state index contributed by atoms with van der Waals surface area (Å²) in [7, 11) is 0. The van der Waals surface area contributed by atoms with E-state index in [0.29, 0.717) is 17.7 Å². The van der Waals surface area contributed by atoms with Gasteiger partial charge in [0, 0.05) is 19.0 Å². The molecule has 1 amide bonds. The van der Waals surface area contributed by atoms with Crippen molar-refractivity contribution >= 4 is 5.91 Å². The zero-order valence-electron chi connectivity index (χ0n) is 8.78. The van der Waals surface area contributed by atoms with E-state index in [1.807, 2.05) is 11.8 Å². The lowest BCUT2D eigenvalue weighted by Gasteiger charge is -2.33. The number of aliphatic hydroxyl groups is 1. The normalized spacial score (nSPS) is 26.3. The maximum Gasteiger partial charge on any atom is 0.225 e. The molecule has 1 N–H and O–H groups in total. The molecule has 3 heteroatoms. The van der Waals surface area contributed by atoms with Crippen LogP contribution < -0.4 is 0 Å². The Labute approximate surface area is 85.1 Å². The van der Waals surface area contributed by atoms with Gasteiger partial charge < -0.3 is 10.0 Å². The first-order valence-corrected chi connectivity index (χ1v) is 5.65. The topological polar surface area (TPSA) is 40.5 Å². The van der Waals surface area contributed by atoms with E-state index in [4.69, 9.17) is 0 Å². The number of amides is 1. The van der Waals surface area contributed by atoms with Gasteiger partial charge in [0.05, 0.1) is 6.10 Å². The maximum atomic E-state index is 11.7. The number of carbonyl (C=O) groups excluding carboxylic acids is 1. The highest BCUT2D eigenvalue weighted by Crippen LogP contribution is 2.32. The minimum atomic E-state index is -0.215. The second kappa shape index (κ2) is 3.89. The van der Waals surface area contributed by atoms with Crippen LogP contribution in [0, 0.1) is 11.8 Å². The molecule has 2 rings (SSSR count). The highest BCUT2D eigenvalue weighted by molar-refractivity contribution is 5.81. The van der Waals surface area contributed by atoms with Crippen molar-refractivity contribution < 1.29 is 9.90 Å². The summed E-state index contributed by atoms with van der Waals surface area (Å²) in [5.41, 5.74) is 0. The van der Waals surface area contributed by atoms with E-state index in [1.54, 1.807) is 0 Å². The molecule has 0 bridgehead atoms. The second-order valence-electron chi connectivity index (χ2n) is 4.68. The summed E-state index contributed by atoms with van der Waals surface area (Å²) in [6, 6.07) is 0. The van der Waals surface area contributed by atoms with Crippen molar-refractivity contribution in [2.24, 2.45) is 11.8 Å². The minimum Gasteiger partial charge on any atom is -0.393 e. The van der Waals surface area contributed by atoms with Gasteiger partial charge >= 0.3 is 0 Å². The third kappa shape index (κ3) is 2.08. The van der Waals surface area contributed by atoms with Crippen molar-refractivity contribution in [2.45, 2.75) is 38.7 Å². The average molecular weight is 197 g/mol. The fourth-order valence-electron chi connectivity index (χ4n) is 2.19. The van der Waals surface area contributed by atoms with Crippen LogP contribution in [0.5, 0.6) is 0 Å². The summed E-state index contributed by atoms with van der Waals surface area (Å²) in [4.78, 5) is 13.7. The molecule has 1 unspecified atom stereocenters. The Kier molecular flexibility index (Phi) is 2.77. The zero-order chi connectivity index (χ0) is 10.1. The first-order chi connectivity index (χ1) is 6.68. The number of likely N-dealkylation sites (tertiary alicyclic amines) is 1. The van der Waals surface area contributed by atoms with Crippen molar-refractivity contribution in [1.29, 1.82) is 0 Å². The number of piperidine rings is 1. The summed E-state index contributed by atoms with van der Waals surface area (Å²) < 4.78 is 0. The molecule has 0 aromatic carbocycles. The summed E-state index contributed by atoms with van der Waals surface area (Å²) in [5.74, 6) is 1.10. The van der Waals surface area contributed by atoms with Gasteiger partial charge in [-0.2, -0.15) is 0 Å². The molecule has 1 aliphatic heterocycles. The van der Waals surface area contributed by atoms with Gasteiger partial charge in [0.1, 0.15) is 0 Å². The quantitative estimate of drug-likeness (QED) is 0.718. The van der Waals surface area contributed by atoms with Crippen LogP contribution in [0.4, 0.5) is 0 Å². The van der Waals surface area contributed by atoms with E-state index >= 15 is 0 Å². The van der Waals surface area contributed by atoms with Gasteiger partial charge in [0.15, 0.2) is 0 Å². The lowest BCUT2D eigenvalue weighted by Crippen LogP contribution is -2.41. The van der Waals surface area contributed by atoms with Crippen LogP contribution in [0.25, 0.3) is 0 Å². The summed E-state index contributed by atoms with van der Waals surface area (Å²) in [6.07, 6.45) is 3.91. The first-order valence-electron chi connectivity index (χ1n) is 5.65. The van der Waals surface area contributed by atoms with Crippen LogP contribution in [0.2, 0.25) is 0 Å². The van der Waals surface area contributed by atoms with Crippen LogP contribution in [0.3, 0.4) is 0 Å². The predicted molar refractivity (Wildman–Crippen MR) is 53.7 cm³/mol. The van der Waals surface area contributed by atoms with E-state index in [1.165, 1.54) is 0 Å². The van der Waals surface area contributed by atoms with Gasteiger partial charge in [-0.1, -0.05) is 0 Å². The van der Waals surface area contributed by atoms with E-state index in [9.17, 15) is 9.90 Å². The van der Waals surface area contributed by atoms with Gasteiger partial charge in [-0.15, -0.1) is 0 Å². The molecule has 0 spiro atoms. The zero-order valence-corrected chi connectivity index (χ0v) is 8.78. The number of hydrogen-bond acceptors (Lipinski definition) is 2. The molecule has 0 aromatic rings. The smallest absolute Gasteiger partial charge is 0.225 e. The first kappa shape index (κ1) is 9.97. The number of carbonyl (C=O) groups is 1. The molecule has 1 aliphatic carbocycles. The number of nitrogens with zero attached hydrogens (tertiary/aromatic N) is 1. The molecular weight excluding hydrogens is 178 g/mol. The van der Waals surface area contributed by atoms with Crippen molar-refractivity contribution in [3.8, 4) is 0 Å². The molecule has 3 nitrogen and oxygen atoms in total. The largest absolute Gasteiger partial charge is 0.393 e. The van der Waals surface area contributed by atoms with E-state index in [2.05, 4.69) is 0 Å². The summed E-state index contributed by atoms with van der Waals surface area (Å²) in [5, 5.41) is 9.42. The summed E-state index contributed by atoms with van der Waals surface area (Å²) in [6.45, 7) is 3.55. The average Bonchev–Trinajstić information content (AvgIpc) is 3.00. The molecular formula is C11H19NO2. The Morgan fingerprint density at radius 2 is 1.86 bits per heavy atom. The maximum absolute atomic E-state index is 11.7. The second-order valence-corrected chi connectivity index (χ2v) is 4.68. The Morgan fingerprint density at radius 1 is 1.29 bits per heavy atom. The number of hydrogen-bond donors (Lipinski definition) is 1. The Hall–Kier alpha value is -0.570. The Balaban J connectivity index is 1.80. The minimum absolute atomic E-state index is 0.215. The van der Waals surface area contributed by atoms with Crippen LogP contribution in [-0.2, 0) is 4.79 Å². The van der Waals surface area contributed by atoms with Crippen molar-refractivity contribution in [1.82, 2.24) is 4.90 Å². The molecule has 14 heavy (non-hydrogen) atoms. The van der Waals surface area contributed by atoms with Gasteiger partial charge in [0.25, 0.3) is 0 Å².